The minimum absolute atomic E-state index is 0.0390. The fraction of sp³-hybridized carbons (Fsp3) is 0.632. The molecule has 2 aromatic carbocycles. The van der Waals surface area contributed by atoms with Gasteiger partial charge in [-0.15, -0.1) is 0 Å². The van der Waals surface area contributed by atoms with E-state index in [2.05, 4.69) is 9.44 Å². The zero-order chi connectivity index (χ0) is 39.7. The molecule has 0 saturated carbocycles. The molecule has 0 bridgehead atoms. The molecule has 14 nitrogen and oxygen atoms in total. The Morgan fingerprint density at radius 3 is 1.07 bits per heavy atom. The van der Waals surface area contributed by atoms with Gasteiger partial charge >= 0.3 is 0 Å². The predicted octanol–water partition coefficient (Wildman–Crippen LogP) is 3.13. The number of rotatable bonds is 12. The SMILES string of the molecule is Cc1ccc(S(=O)(=O)N[C@@H](CC(C)C)C(=O)N2CCOCCOCCN(C(=O)[C@@H](CC(C)C)NS(=O)(=O)c3ccc(C)cc3)CCOCCOCC2)cc1. The van der Waals surface area contributed by atoms with Crippen molar-refractivity contribution >= 4 is 31.9 Å². The van der Waals surface area contributed by atoms with Crippen molar-refractivity contribution in [2.45, 2.75) is 76.3 Å². The fourth-order valence-corrected chi connectivity index (χ4v) is 8.14. The molecule has 1 aliphatic heterocycles. The quantitative estimate of drug-likeness (QED) is 0.326. The van der Waals surface area contributed by atoms with Crippen LogP contribution < -0.4 is 9.44 Å². The average molecular weight is 797 g/mol. The van der Waals surface area contributed by atoms with Crippen LogP contribution in [0.25, 0.3) is 0 Å². The number of hydrogen-bond donors (Lipinski definition) is 2. The summed E-state index contributed by atoms with van der Waals surface area (Å²) >= 11 is 0. The predicted molar refractivity (Wildman–Crippen MR) is 206 cm³/mol. The number of ether oxygens (including phenoxy) is 4. The largest absolute Gasteiger partial charge is 0.377 e. The van der Waals surface area contributed by atoms with Crippen LogP contribution in [0, 0.1) is 25.7 Å². The van der Waals surface area contributed by atoms with Crippen molar-refractivity contribution in [1.82, 2.24) is 19.2 Å². The van der Waals surface area contributed by atoms with Gasteiger partial charge in [0.2, 0.25) is 31.9 Å². The molecule has 304 valence electrons. The maximum Gasteiger partial charge on any atom is 0.241 e. The van der Waals surface area contributed by atoms with E-state index in [1.54, 1.807) is 34.1 Å². The maximum atomic E-state index is 13.8. The zero-order valence-corrected chi connectivity index (χ0v) is 34.3. The second-order valence-electron chi connectivity index (χ2n) is 14.3. The van der Waals surface area contributed by atoms with Gasteiger partial charge in [-0.1, -0.05) is 63.1 Å². The average Bonchev–Trinajstić information content (AvgIpc) is 3.10. The lowest BCUT2D eigenvalue weighted by atomic mass is 10.0. The van der Waals surface area contributed by atoms with Gasteiger partial charge in [-0.25, -0.2) is 16.8 Å². The second-order valence-corrected chi connectivity index (χ2v) is 17.8. The van der Waals surface area contributed by atoms with E-state index in [4.69, 9.17) is 18.9 Å². The van der Waals surface area contributed by atoms with Gasteiger partial charge in [-0.05, 0) is 62.8 Å². The van der Waals surface area contributed by atoms with E-state index in [-0.39, 0.29) is 112 Å². The summed E-state index contributed by atoms with van der Waals surface area (Å²) in [4.78, 5) is 31.0. The van der Waals surface area contributed by atoms with Crippen LogP contribution >= 0.6 is 0 Å². The first-order valence-electron chi connectivity index (χ1n) is 18.7. The van der Waals surface area contributed by atoms with Gasteiger partial charge in [0, 0.05) is 26.2 Å². The molecule has 3 rings (SSSR count). The van der Waals surface area contributed by atoms with Gasteiger partial charge in [0.25, 0.3) is 0 Å². The first-order chi connectivity index (χ1) is 25.6. The van der Waals surface area contributed by atoms with Crippen LogP contribution in [0.1, 0.15) is 51.7 Å². The number of amides is 2. The Bertz CT molecular complexity index is 1510. The normalized spacial score (nSPS) is 17.9. The third-order valence-corrected chi connectivity index (χ3v) is 11.6. The van der Waals surface area contributed by atoms with Crippen molar-refractivity contribution in [3.05, 3.63) is 59.7 Å². The van der Waals surface area contributed by atoms with Gasteiger partial charge in [0.1, 0.15) is 12.1 Å². The van der Waals surface area contributed by atoms with Crippen LogP contribution in [0.15, 0.2) is 58.3 Å². The summed E-state index contributed by atoms with van der Waals surface area (Å²) in [6.45, 7) is 13.9. The monoisotopic (exact) mass is 796 g/mol. The molecule has 0 unspecified atom stereocenters. The lowest BCUT2D eigenvalue weighted by Gasteiger charge is -2.29. The highest BCUT2D eigenvalue weighted by Gasteiger charge is 2.31. The number of nitrogens with one attached hydrogen (secondary N) is 2. The van der Waals surface area contributed by atoms with Crippen LogP contribution in [-0.4, -0.2) is 130 Å². The molecule has 2 amide bonds. The van der Waals surface area contributed by atoms with E-state index in [1.165, 1.54) is 24.3 Å². The number of aryl methyl sites for hydroxylation is 2. The third kappa shape index (κ3) is 15.6. The summed E-state index contributed by atoms with van der Waals surface area (Å²) in [6, 6.07) is 11.0. The highest BCUT2D eigenvalue weighted by molar-refractivity contribution is 7.89. The summed E-state index contributed by atoms with van der Waals surface area (Å²) in [5.41, 5.74) is 1.85. The van der Waals surface area contributed by atoms with Gasteiger partial charge < -0.3 is 28.7 Å². The Labute approximate surface area is 322 Å². The fourth-order valence-electron chi connectivity index (χ4n) is 5.74. The molecule has 54 heavy (non-hydrogen) atoms. The molecular formula is C38H60N4O10S2. The Morgan fingerprint density at radius 1 is 0.537 bits per heavy atom. The molecule has 2 N–H and O–H groups in total. The Balaban J connectivity index is 1.63. The van der Waals surface area contributed by atoms with Gasteiger partial charge in [0.15, 0.2) is 0 Å². The van der Waals surface area contributed by atoms with Crippen molar-refractivity contribution in [3.8, 4) is 0 Å². The number of carbonyl (C=O) groups is 2. The molecule has 2 aromatic rings. The van der Waals surface area contributed by atoms with Crippen LogP contribution in [0.2, 0.25) is 0 Å². The van der Waals surface area contributed by atoms with E-state index in [0.29, 0.717) is 12.8 Å². The third-order valence-electron chi connectivity index (χ3n) is 8.66. The molecule has 0 radical (unpaired) electrons. The standard InChI is InChI=1S/C38H60N4O10S2/c1-29(2)27-35(39-53(45,46)33-11-7-31(5)8-12-33)37(43)41-15-19-49-23-25-51-21-17-42(18-22-52-26-24-50-20-16-41)38(44)36(28-30(3)4)40-54(47,48)34-13-9-32(6)10-14-34/h7-14,29-30,35-36,39-40H,15-28H2,1-6H3/t35-,36+. The number of nitrogens with zero attached hydrogens (tertiary/aromatic N) is 2. The minimum atomic E-state index is -3.96. The topological polar surface area (TPSA) is 170 Å². The van der Waals surface area contributed by atoms with Crippen LogP contribution in [-0.2, 0) is 48.6 Å². The number of benzene rings is 2. The number of hydrogen-bond acceptors (Lipinski definition) is 10. The van der Waals surface area contributed by atoms with Crippen LogP contribution in [0.5, 0.6) is 0 Å². The van der Waals surface area contributed by atoms with E-state index < -0.39 is 32.1 Å². The summed E-state index contributed by atoms with van der Waals surface area (Å²) in [5.74, 6) is -0.653. The van der Waals surface area contributed by atoms with Gasteiger partial charge in [0.05, 0.1) is 62.6 Å². The summed E-state index contributed by atoms with van der Waals surface area (Å²) in [5, 5.41) is 0. The highest BCUT2D eigenvalue weighted by Crippen LogP contribution is 2.17. The Morgan fingerprint density at radius 2 is 0.815 bits per heavy atom. The first-order valence-corrected chi connectivity index (χ1v) is 21.6. The molecule has 0 aromatic heterocycles. The van der Waals surface area contributed by atoms with Crippen molar-refractivity contribution in [1.29, 1.82) is 0 Å². The molecule has 1 fully saturated rings. The second kappa shape index (κ2) is 22.6. The molecule has 16 heteroatoms. The molecular weight excluding hydrogens is 737 g/mol. The van der Waals surface area contributed by atoms with E-state index in [0.717, 1.165) is 11.1 Å². The molecule has 2 atom stereocenters. The van der Waals surface area contributed by atoms with Gasteiger partial charge in [-0.2, -0.15) is 9.44 Å². The van der Waals surface area contributed by atoms with Crippen molar-refractivity contribution < 1.29 is 45.4 Å². The Hall–Kier alpha value is -2.96. The first kappa shape index (κ1) is 45.4. The zero-order valence-electron chi connectivity index (χ0n) is 32.6. The molecule has 1 saturated heterocycles. The minimum Gasteiger partial charge on any atom is -0.377 e. The molecule has 1 aliphatic rings. The van der Waals surface area contributed by atoms with Crippen molar-refractivity contribution in [2.75, 3.05) is 79.0 Å². The van der Waals surface area contributed by atoms with Crippen LogP contribution in [0.4, 0.5) is 0 Å². The Kier molecular flexibility index (Phi) is 19.0. The number of sulfonamides is 2. The summed E-state index contributed by atoms with van der Waals surface area (Å²) in [6.07, 6.45) is 0.611. The highest BCUT2D eigenvalue weighted by atomic mass is 32.2. The smallest absolute Gasteiger partial charge is 0.241 e. The molecule has 0 spiro atoms. The van der Waals surface area contributed by atoms with E-state index in [9.17, 15) is 26.4 Å². The van der Waals surface area contributed by atoms with Crippen LogP contribution in [0.3, 0.4) is 0 Å². The summed E-state index contributed by atoms with van der Waals surface area (Å²) in [7, 11) is -7.91. The van der Waals surface area contributed by atoms with Crippen molar-refractivity contribution in [3.63, 3.8) is 0 Å². The lowest BCUT2D eigenvalue weighted by molar-refractivity contribution is -0.136. The maximum absolute atomic E-state index is 13.8. The van der Waals surface area contributed by atoms with Crippen molar-refractivity contribution in [2.24, 2.45) is 11.8 Å². The summed E-state index contributed by atoms with van der Waals surface area (Å²) < 4.78 is 81.4. The lowest BCUT2D eigenvalue weighted by Crippen LogP contribution is -2.51. The van der Waals surface area contributed by atoms with E-state index >= 15 is 0 Å². The number of carbonyl (C=O) groups excluding carboxylic acids is 2. The van der Waals surface area contributed by atoms with E-state index in [1.807, 2.05) is 41.5 Å². The molecule has 1 heterocycles. The molecule has 0 aliphatic carbocycles. The van der Waals surface area contributed by atoms with Gasteiger partial charge in [-0.3, -0.25) is 9.59 Å².